The minimum Gasteiger partial charge on any atom is -0.480 e. The highest BCUT2D eigenvalue weighted by Gasteiger charge is 2.31. The van der Waals surface area contributed by atoms with Gasteiger partial charge in [0.25, 0.3) is 5.69 Å². The van der Waals surface area contributed by atoms with Gasteiger partial charge in [0.05, 0.1) is 11.3 Å². The first kappa shape index (κ1) is 16.5. The van der Waals surface area contributed by atoms with Crippen molar-refractivity contribution < 1.29 is 28.0 Å². The van der Waals surface area contributed by atoms with Gasteiger partial charge in [-0.2, -0.15) is 4.72 Å². The van der Waals surface area contributed by atoms with E-state index in [0.29, 0.717) is 0 Å². The molecule has 114 valence electrons. The largest absolute Gasteiger partial charge is 0.480 e. The first-order valence-electron chi connectivity index (χ1n) is 5.42. The van der Waals surface area contributed by atoms with Crippen molar-refractivity contribution in [3.05, 3.63) is 34.4 Å². The van der Waals surface area contributed by atoms with E-state index < -0.39 is 49.9 Å². The number of carbonyl (C=O) groups is 2. The number of aliphatic carboxylic acids is 1. The number of carboxylic acid groups (broad SMARTS) is 1. The predicted molar refractivity (Wildman–Crippen MR) is 68.7 cm³/mol. The van der Waals surface area contributed by atoms with E-state index in [4.69, 9.17) is 10.8 Å². The van der Waals surface area contributed by atoms with Gasteiger partial charge in [-0.15, -0.1) is 0 Å². The summed E-state index contributed by atoms with van der Waals surface area (Å²) in [4.78, 5) is 30.8. The SMILES string of the molecule is NC(=O)C[C@@H](NS(=O)(=O)c1ccccc1[N+](=O)[O-])C(=O)O. The van der Waals surface area contributed by atoms with Crippen molar-refractivity contribution in [1.29, 1.82) is 0 Å². The Kier molecular flexibility index (Phi) is 4.94. The molecular formula is C10H11N3O7S. The minimum absolute atomic E-state index is 0.703. The van der Waals surface area contributed by atoms with E-state index in [2.05, 4.69) is 0 Å². The molecule has 0 aliphatic carbocycles. The van der Waals surface area contributed by atoms with Gasteiger partial charge in [0.2, 0.25) is 15.9 Å². The van der Waals surface area contributed by atoms with Crippen molar-refractivity contribution in [3.8, 4) is 0 Å². The summed E-state index contributed by atoms with van der Waals surface area (Å²) in [5.74, 6) is -2.66. The van der Waals surface area contributed by atoms with Gasteiger partial charge in [-0.3, -0.25) is 19.7 Å². The fourth-order valence-corrected chi connectivity index (χ4v) is 2.83. The highest BCUT2D eigenvalue weighted by Crippen LogP contribution is 2.23. The third-order valence-corrected chi connectivity index (χ3v) is 3.87. The van der Waals surface area contributed by atoms with Crippen LogP contribution in [0.2, 0.25) is 0 Å². The number of nitrogens with zero attached hydrogens (tertiary/aromatic N) is 1. The molecule has 0 fully saturated rings. The normalized spacial score (nSPS) is 12.6. The fraction of sp³-hybridized carbons (Fsp3) is 0.200. The molecule has 10 nitrogen and oxygen atoms in total. The number of rotatable bonds is 7. The monoisotopic (exact) mass is 317 g/mol. The number of nitrogens with one attached hydrogen (secondary N) is 1. The zero-order valence-electron chi connectivity index (χ0n) is 10.4. The van der Waals surface area contributed by atoms with E-state index in [1.165, 1.54) is 12.1 Å². The van der Waals surface area contributed by atoms with Crippen molar-refractivity contribution in [2.75, 3.05) is 0 Å². The molecule has 0 spiro atoms. The van der Waals surface area contributed by atoms with Crippen LogP contribution in [0.4, 0.5) is 5.69 Å². The topological polar surface area (TPSA) is 170 Å². The van der Waals surface area contributed by atoms with Crippen LogP contribution in [0.15, 0.2) is 29.2 Å². The molecule has 1 atom stereocenters. The predicted octanol–water partition coefficient (Wildman–Crippen LogP) is -0.798. The quantitative estimate of drug-likeness (QED) is 0.436. The molecule has 11 heteroatoms. The molecule has 4 N–H and O–H groups in total. The maximum atomic E-state index is 12.0. The van der Waals surface area contributed by atoms with E-state index in [0.717, 1.165) is 12.1 Å². The van der Waals surface area contributed by atoms with E-state index in [1.54, 1.807) is 4.72 Å². The van der Waals surface area contributed by atoms with Gasteiger partial charge in [0.1, 0.15) is 6.04 Å². The smallest absolute Gasteiger partial charge is 0.322 e. The van der Waals surface area contributed by atoms with Gasteiger partial charge in [-0.05, 0) is 6.07 Å². The van der Waals surface area contributed by atoms with Crippen LogP contribution in [0.25, 0.3) is 0 Å². The number of carboxylic acids is 1. The number of primary amides is 1. The highest BCUT2D eigenvalue weighted by atomic mass is 32.2. The number of hydrogen-bond donors (Lipinski definition) is 3. The second kappa shape index (κ2) is 6.28. The lowest BCUT2D eigenvalue weighted by atomic mass is 10.2. The number of amides is 1. The van der Waals surface area contributed by atoms with Crippen LogP contribution in [0, 0.1) is 10.1 Å². The Hall–Kier alpha value is -2.53. The molecule has 0 bridgehead atoms. The number of nitro groups is 1. The lowest BCUT2D eigenvalue weighted by Crippen LogP contribution is -2.43. The van der Waals surface area contributed by atoms with Crippen molar-refractivity contribution in [2.45, 2.75) is 17.4 Å². The summed E-state index contributed by atoms with van der Waals surface area (Å²) in [5, 5.41) is 19.6. The van der Waals surface area contributed by atoms with Crippen LogP contribution < -0.4 is 10.5 Å². The molecule has 0 saturated carbocycles. The zero-order valence-corrected chi connectivity index (χ0v) is 11.2. The number of para-hydroxylation sites is 1. The average Bonchev–Trinajstić information content (AvgIpc) is 2.37. The summed E-state index contributed by atoms with van der Waals surface area (Å²) in [5.41, 5.74) is 4.11. The number of benzene rings is 1. The van der Waals surface area contributed by atoms with Crippen molar-refractivity contribution in [2.24, 2.45) is 5.73 Å². The molecule has 1 rings (SSSR count). The third-order valence-electron chi connectivity index (χ3n) is 2.35. The molecule has 0 aliphatic rings. The molecule has 0 radical (unpaired) electrons. The lowest BCUT2D eigenvalue weighted by molar-refractivity contribution is -0.387. The summed E-state index contributed by atoms with van der Waals surface area (Å²) in [6.07, 6.45) is -0.783. The summed E-state index contributed by atoms with van der Waals surface area (Å²) >= 11 is 0. The first-order valence-corrected chi connectivity index (χ1v) is 6.90. The second-order valence-corrected chi connectivity index (χ2v) is 5.59. The summed E-state index contributed by atoms with van der Waals surface area (Å²) in [6, 6.07) is 2.59. The van der Waals surface area contributed by atoms with Gasteiger partial charge < -0.3 is 10.8 Å². The van der Waals surface area contributed by atoms with Crippen molar-refractivity contribution in [3.63, 3.8) is 0 Å². The van der Waals surface area contributed by atoms with E-state index >= 15 is 0 Å². The number of hydrogen-bond acceptors (Lipinski definition) is 6. The minimum atomic E-state index is -4.51. The van der Waals surface area contributed by atoms with Crippen molar-refractivity contribution in [1.82, 2.24) is 4.72 Å². The number of nitrogens with two attached hydrogens (primary N) is 1. The Bertz CT molecular complexity index is 686. The van der Waals surface area contributed by atoms with Crippen LogP contribution in [-0.4, -0.2) is 36.4 Å². The number of carbonyl (C=O) groups excluding carboxylic acids is 1. The zero-order chi connectivity index (χ0) is 16.2. The molecule has 1 aromatic carbocycles. The first-order chi connectivity index (χ1) is 9.65. The van der Waals surface area contributed by atoms with Crippen LogP contribution in [-0.2, 0) is 19.6 Å². The highest BCUT2D eigenvalue weighted by molar-refractivity contribution is 7.89. The third kappa shape index (κ3) is 4.22. The fourth-order valence-electron chi connectivity index (χ4n) is 1.47. The van der Waals surface area contributed by atoms with E-state index in [-0.39, 0.29) is 0 Å². The van der Waals surface area contributed by atoms with Gasteiger partial charge in [-0.25, -0.2) is 8.42 Å². The van der Waals surface area contributed by atoms with Crippen LogP contribution >= 0.6 is 0 Å². The van der Waals surface area contributed by atoms with Crippen LogP contribution in [0.5, 0.6) is 0 Å². The van der Waals surface area contributed by atoms with Gasteiger partial charge in [0, 0.05) is 6.07 Å². The number of sulfonamides is 1. The molecular weight excluding hydrogens is 306 g/mol. The molecule has 0 aliphatic heterocycles. The Morgan fingerprint density at radius 3 is 2.43 bits per heavy atom. The summed E-state index contributed by atoms with van der Waals surface area (Å²) in [6.45, 7) is 0. The molecule has 0 aromatic heterocycles. The second-order valence-electron chi connectivity index (χ2n) is 3.91. The Morgan fingerprint density at radius 2 is 1.95 bits per heavy atom. The average molecular weight is 317 g/mol. The molecule has 1 aromatic rings. The molecule has 0 unspecified atom stereocenters. The van der Waals surface area contributed by atoms with E-state index in [9.17, 15) is 28.1 Å². The molecule has 1 amide bonds. The number of nitro benzene ring substituents is 1. The maximum Gasteiger partial charge on any atom is 0.322 e. The van der Waals surface area contributed by atoms with Gasteiger partial charge in [-0.1, -0.05) is 12.1 Å². The maximum absolute atomic E-state index is 12.0. The van der Waals surface area contributed by atoms with Crippen LogP contribution in [0.3, 0.4) is 0 Å². The van der Waals surface area contributed by atoms with Gasteiger partial charge in [0.15, 0.2) is 4.90 Å². The molecule has 21 heavy (non-hydrogen) atoms. The Balaban J connectivity index is 3.20. The lowest BCUT2D eigenvalue weighted by Gasteiger charge is -2.13. The van der Waals surface area contributed by atoms with Gasteiger partial charge >= 0.3 is 5.97 Å². The Labute approximate surface area is 118 Å². The van der Waals surface area contributed by atoms with Crippen molar-refractivity contribution >= 4 is 27.6 Å². The summed E-state index contributed by atoms with van der Waals surface area (Å²) < 4.78 is 25.7. The molecule has 0 heterocycles. The standard InChI is InChI=1S/C10H11N3O7S/c11-9(14)5-6(10(15)16)12-21(19,20)8-4-2-1-3-7(8)13(17)18/h1-4,6,12H,5H2,(H2,11,14)(H,15,16)/t6-/m1/s1. The summed E-state index contributed by atoms with van der Waals surface area (Å²) in [7, 11) is -4.51. The van der Waals surface area contributed by atoms with E-state index in [1.807, 2.05) is 0 Å². The van der Waals surface area contributed by atoms with Crippen LogP contribution in [0.1, 0.15) is 6.42 Å². The molecule has 0 saturated heterocycles. The Morgan fingerprint density at radius 1 is 1.38 bits per heavy atom.